The van der Waals surface area contributed by atoms with Crippen molar-refractivity contribution < 1.29 is 23.4 Å². The Balaban J connectivity index is 1.79. The summed E-state index contributed by atoms with van der Waals surface area (Å²) in [6, 6.07) is 10.5. The first-order chi connectivity index (χ1) is 18.8. The minimum Gasteiger partial charge on any atom is -0.480 e. The molecule has 39 heavy (non-hydrogen) atoms. The molecule has 202 valence electrons. The van der Waals surface area contributed by atoms with E-state index >= 15 is 0 Å². The number of nitrogens with zero attached hydrogens (tertiary/aromatic N) is 5. The first kappa shape index (κ1) is 26.9. The van der Waals surface area contributed by atoms with E-state index in [-0.39, 0.29) is 34.6 Å². The van der Waals surface area contributed by atoms with Gasteiger partial charge in [-0.2, -0.15) is 4.98 Å². The quantitative estimate of drug-likeness (QED) is 0.265. The fraction of sp³-hybridized carbons (Fsp3) is 0.259. The van der Waals surface area contributed by atoms with E-state index in [0.717, 1.165) is 5.56 Å². The van der Waals surface area contributed by atoms with E-state index in [9.17, 15) is 9.18 Å². The van der Waals surface area contributed by atoms with E-state index in [1.165, 1.54) is 38.6 Å². The minimum atomic E-state index is -0.642. The second kappa shape index (κ2) is 10.8. The van der Waals surface area contributed by atoms with Crippen molar-refractivity contribution in [1.82, 2.24) is 19.5 Å². The number of aromatic nitrogens is 4. The van der Waals surface area contributed by atoms with Crippen LogP contribution in [0.3, 0.4) is 0 Å². The van der Waals surface area contributed by atoms with Gasteiger partial charge in [0.2, 0.25) is 5.88 Å². The van der Waals surface area contributed by atoms with Crippen LogP contribution in [0.25, 0.3) is 11.4 Å². The third-order valence-electron chi connectivity index (χ3n) is 6.45. The van der Waals surface area contributed by atoms with Gasteiger partial charge in [0.1, 0.15) is 17.7 Å². The molecule has 3 heterocycles. The summed E-state index contributed by atoms with van der Waals surface area (Å²) >= 11 is 12.3. The monoisotopic (exact) mass is 571 g/mol. The normalized spacial score (nSPS) is 15.4. The Morgan fingerprint density at radius 2 is 1.79 bits per heavy atom. The Morgan fingerprint density at radius 1 is 1.05 bits per heavy atom. The van der Waals surface area contributed by atoms with Crippen molar-refractivity contribution in [3.05, 3.63) is 81.5 Å². The number of carbonyl (C=O) groups is 1. The third-order valence-corrected chi connectivity index (χ3v) is 6.99. The van der Waals surface area contributed by atoms with Crippen molar-refractivity contribution in [3.63, 3.8) is 0 Å². The molecule has 0 saturated heterocycles. The number of methoxy groups -OCH3 is 3. The molecule has 0 saturated carbocycles. The van der Waals surface area contributed by atoms with Crippen molar-refractivity contribution in [1.29, 1.82) is 0 Å². The van der Waals surface area contributed by atoms with E-state index in [0.29, 0.717) is 34.4 Å². The second-order valence-corrected chi connectivity index (χ2v) is 9.69. The highest BCUT2D eigenvalue weighted by Gasteiger charge is 2.45. The Bertz CT molecular complexity index is 1550. The highest BCUT2D eigenvalue weighted by Crippen LogP contribution is 2.46. The number of halogens is 3. The number of ether oxygens (including phenoxy) is 3. The summed E-state index contributed by atoms with van der Waals surface area (Å²) in [7, 11) is 4.53. The first-order valence-corrected chi connectivity index (χ1v) is 12.6. The molecular weight excluding hydrogens is 548 g/mol. The average molecular weight is 572 g/mol. The van der Waals surface area contributed by atoms with Crippen LogP contribution in [0, 0.1) is 5.82 Å². The lowest BCUT2D eigenvalue weighted by Gasteiger charge is -2.29. The molecule has 0 spiro atoms. The second-order valence-electron chi connectivity index (χ2n) is 8.85. The number of hydrogen-bond donors (Lipinski definition) is 0. The minimum absolute atomic E-state index is 0.101. The largest absolute Gasteiger partial charge is 0.480 e. The van der Waals surface area contributed by atoms with Gasteiger partial charge in [-0.15, -0.1) is 0 Å². The summed E-state index contributed by atoms with van der Waals surface area (Å²) in [5, 5.41) is 0.442. The van der Waals surface area contributed by atoms with E-state index in [1.807, 2.05) is 23.6 Å². The van der Waals surface area contributed by atoms with Crippen LogP contribution in [0.2, 0.25) is 10.0 Å². The Labute approximate surface area is 234 Å². The zero-order valence-corrected chi connectivity index (χ0v) is 23.0. The molecule has 4 aromatic rings. The molecule has 0 N–H and O–H groups in total. The van der Waals surface area contributed by atoms with Gasteiger partial charge in [-0.3, -0.25) is 9.69 Å². The summed E-state index contributed by atoms with van der Waals surface area (Å²) in [6.45, 7) is 2.27. The van der Waals surface area contributed by atoms with Gasteiger partial charge in [0.05, 0.1) is 43.1 Å². The van der Waals surface area contributed by atoms with Gasteiger partial charge in [0.15, 0.2) is 5.69 Å². The van der Waals surface area contributed by atoms with Gasteiger partial charge in [-0.25, -0.2) is 14.4 Å². The standard InChI is InChI=1S/C27H24Cl2FN5O4/c1-14(13-37-2)34-23-21(32-24(34)18-12-31-27(39-4)33-25(18)38-3)26(36)35(17-9-10-20(30)19(29)11-17)22(23)15-5-7-16(28)8-6-15/h5-12,14,22H,13H2,1-4H3/t14-,22-/m1/s1. The predicted molar refractivity (Wildman–Crippen MR) is 144 cm³/mol. The lowest BCUT2D eigenvalue weighted by molar-refractivity contribution is 0.0989. The van der Waals surface area contributed by atoms with E-state index in [4.69, 9.17) is 42.4 Å². The van der Waals surface area contributed by atoms with Gasteiger partial charge in [-0.05, 0) is 42.8 Å². The molecular formula is C27H24Cl2FN5O4. The summed E-state index contributed by atoms with van der Waals surface area (Å²) in [6.07, 6.45) is 1.54. The van der Waals surface area contributed by atoms with E-state index in [2.05, 4.69) is 9.97 Å². The van der Waals surface area contributed by atoms with Crippen molar-refractivity contribution in [2.24, 2.45) is 0 Å². The highest BCUT2D eigenvalue weighted by atomic mass is 35.5. The van der Waals surface area contributed by atoms with Crippen LogP contribution in [0.5, 0.6) is 11.9 Å². The molecule has 5 rings (SSSR count). The smallest absolute Gasteiger partial charge is 0.319 e. The lowest BCUT2D eigenvalue weighted by Crippen LogP contribution is -2.30. The molecule has 0 fully saturated rings. The molecule has 0 radical (unpaired) electrons. The van der Waals surface area contributed by atoms with Crippen LogP contribution in [0.4, 0.5) is 10.1 Å². The van der Waals surface area contributed by atoms with Crippen molar-refractivity contribution in [2.75, 3.05) is 32.8 Å². The molecule has 2 atom stereocenters. The van der Waals surface area contributed by atoms with Gasteiger partial charge in [0, 0.05) is 24.0 Å². The molecule has 1 aliphatic heterocycles. The maximum Gasteiger partial charge on any atom is 0.319 e. The third kappa shape index (κ3) is 4.69. The highest BCUT2D eigenvalue weighted by molar-refractivity contribution is 6.31. The molecule has 12 heteroatoms. The van der Waals surface area contributed by atoms with Crippen LogP contribution < -0.4 is 14.4 Å². The number of imidazole rings is 1. The molecule has 0 aliphatic carbocycles. The van der Waals surface area contributed by atoms with E-state index in [1.54, 1.807) is 24.1 Å². The number of carbonyl (C=O) groups excluding carboxylic acids is 1. The zero-order chi connectivity index (χ0) is 27.8. The van der Waals surface area contributed by atoms with Crippen LogP contribution in [-0.2, 0) is 4.74 Å². The molecule has 1 aliphatic rings. The summed E-state index contributed by atoms with van der Waals surface area (Å²) in [5.41, 5.74) is 2.48. The van der Waals surface area contributed by atoms with Crippen LogP contribution >= 0.6 is 23.2 Å². The van der Waals surface area contributed by atoms with Gasteiger partial charge >= 0.3 is 6.01 Å². The number of amides is 1. The van der Waals surface area contributed by atoms with Crippen LogP contribution in [-0.4, -0.2) is 53.4 Å². The molecule has 0 unspecified atom stereocenters. The maximum absolute atomic E-state index is 14.1. The number of anilines is 1. The SMILES string of the molecule is COC[C@@H](C)n1c(-c2cnc(OC)nc2OC)nc2c1[C@@H](c1ccc(Cl)cc1)N(c1ccc(F)c(Cl)c1)C2=O. The molecule has 1 amide bonds. The van der Waals surface area contributed by atoms with Crippen molar-refractivity contribution in [3.8, 4) is 23.3 Å². The van der Waals surface area contributed by atoms with Gasteiger partial charge in [0.25, 0.3) is 5.91 Å². The Morgan fingerprint density at radius 3 is 2.44 bits per heavy atom. The van der Waals surface area contributed by atoms with Gasteiger partial charge < -0.3 is 18.8 Å². The average Bonchev–Trinajstić information content (AvgIpc) is 3.45. The lowest BCUT2D eigenvalue weighted by atomic mass is 10.0. The molecule has 9 nitrogen and oxygen atoms in total. The Kier molecular flexibility index (Phi) is 7.44. The predicted octanol–water partition coefficient (Wildman–Crippen LogP) is 5.76. The number of benzene rings is 2. The van der Waals surface area contributed by atoms with Crippen LogP contribution in [0.1, 0.15) is 40.8 Å². The summed E-state index contributed by atoms with van der Waals surface area (Å²) in [5.74, 6) is -0.314. The van der Waals surface area contributed by atoms with E-state index < -0.39 is 11.9 Å². The fourth-order valence-electron chi connectivity index (χ4n) is 4.78. The summed E-state index contributed by atoms with van der Waals surface area (Å²) < 4.78 is 32.1. The Hall–Kier alpha value is -3.73. The molecule has 2 aromatic heterocycles. The first-order valence-electron chi connectivity index (χ1n) is 11.9. The molecule has 0 bridgehead atoms. The van der Waals surface area contributed by atoms with Crippen molar-refractivity contribution >= 4 is 34.8 Å². The molecule has 2 aromatic carbocycles. The maximum atomic E-state index is 14.1. The number of hydrogen-bond acceptors (Lipinski definition) is 7. The van der Waals surface area contributed by atoms with Crippen LogP contribution in [0.15, 0.2) is 48.7 Å². The van der Waals surface area contributed by atoms with Crippen molar-refractivity contribution in [2.45, 2.75) is 19.0 Å². The summed E-state index contributed by atoms with van der Waals surface area (Å²) in [4.78, 5) is 28.9. The zero-order valence-electron chi connectivity index (χ0n) is 21.5. The number of fused-ring (bicyclic) bond motifs is 1. The van der Waals surface area contributed by atoms with Gasteiger partial charge in [-0.1, -0.05) is 35.3 Å². The number of rotatable bonds is 8. The fourth-order valence-corrected chi connectivity index (χ4v) is 5.08. The topological polar surface area (TPSA) is 91.6 Å².